The van der Waals surface area contributed by atoms with Gasteiger partial charge in [0.15, 0.2) is 11.5 Å². The predicted molar refractivity (Wildman–Crippen MR) is 139 cm³/mol. The predicted octanol–water partition coefficient (Wildman–Crippen LogP) is 4.75. The number of benzene rings is 1. The largest absolute Gasteiger partial charge is 0.493 e. The zero-order valence-corrected chi connectivity index (χ0v) is 22.4. The molecule has 1 amide bonds. The number of pyridine rings is 1. The van der Waals surface area contributed by atoms with E-state index in [0.29, 0.717) is 43.5 Å². The van der Waals surface area contributed by atoms with Gasteiger partial charge in [-0.1, -0.05) is 19.9 Å². The van der Waals surface area contributed by atoms with E-state index in [9.17, 15) is 18.0 Å². The van der Waals surface area contributed by atoms with Gasteiger partial charge in [-0.05, 0) is 60.4 Å². The van der Waals surface area contributed by atoms with Crippen LogP contribution in [0, 0.1) is 11.3 Å². The van der Waals surface area contributed by atoms with Gasteiger partial charge in [-0.3, -0.25) is 4.79 Å². The third-order valence-corrected chi connectivity index (χ3v) is 8.37. The molecule has 0 spiro atoms. The van der Waals surface area contributed by atoms with E-state index in [1.807, 2.05) is 23.1 Å². The van der Waals surface area contributed by atoms with Gasteiger partial charge >= 0.3 is 6.18 Å². The number of hydrogen-bond acceptors (Lipinski definition) is 6. The van der Waals surface area contributed by atoms with Gasteiger partial charge < -0.3 is 24.6 Å². The minimum absolute atomic E-state index is 0.148. The number of rotatable bonds is 9. The molecule has 38 heavy (non-hydrogen) atoms. The van der Waals surface area contributed by atoms with Crippen LogP contribution in [-0.2, 0) is 17.5 Å². The van der Waals surface area contributed by atoms with Crippen molar-refractivity contribution in [2.45, 2.75) is 57.9 Å². The fourth-order valence-electron chi connectivity index (χ4n) is 6.16. The number of ether oxygens (including phenoxy) is 2. The maximum atomic E-state index is 13.5. The third kappa shape index (κ3) is 5.70. The molecule has 0 radical (unpaired) electrons. The molecule has 2 fully saturated rings. The van der Waals surface area contributed by atoms with Crippen molar-refractivity contribution in [2.75, 3.05) is 38.8 Å². The zero-order valence-electron chi connectivity index (χ0n) is 22.4. The van der Waals surface area contributed by atoms with Gasteiger partial charge in [0.25, 0.3) is 0 Å². The standard InChI is InChI=1S/C28H37F3N4O3/c1-19(2)27(9-7-22(15-27)33-16-20-5-6-23(37-3)24(13-20)38-4)25-17-34(18-36)11-12-35(25)26-14-21(8-10-32-26)28(29,30)31/h5-6,8,10,13-14,18-19,22,25,33H,7,9,11-12,15-17H2,1-4H3/t22-,25?,27+/m1/s1. The summed E-state index contributed by atoms with van der Waals surface area (Å²) in [5.41, 5.74) is 0.162. The van der Waals surface area contributed by atoms with Crippen molar-refractivity contribution in [1.29, 1.82) is 0 Å². The maximum absolute atomic E-state index is 13.5. The van der Waals surface area contributed by atoms with Gasteiger partial charge in [-0.25, -0.2) is 4.98 Å². The van der Waals surface area contributed by atoms with Gasteiger partial charge in [-0.2, -0.15) is 13.2 Å². The van der Waals surface area contributed by atoms with Crippen LogP contribution in [0.1, 0.15) is 44.2 Å². The average molecular weight is 535 g/mol. The first-order valence-corrected chi connectivity index (χ1v) is 13.0. The summed E-state index contributed by atoms with van der Waals surface area (Å²) in [6.07, 6.45) is 0.323. The normalized spacial score (nSPS) is 24.1. The van der Waals surface area contributed by atoms with Crippen LogP contribution in [0.25, 0.3) is 0 Å². The second kappa shape index (κ2) is 11.4. The fraction of sp³-hybridized carbons (Fsp3) is 0.571. The average Bonchev–Trinajstić information content (AvgIpc) is 3.36. The van der Waals surface area contributed by atoms with Gasteiger partial charge in [0.2, 0.25) is 6.41 Å². The Kier molecular flexibility index (Phi) is 8.40. The SMILES string of the molecule is COc1ccc(CN[C@@H]2CC[C@](C(C)C)(C3CN(C=O)CCN3c3cc(C(F)(F)F)ccn3)C2)cc1OC. The molecule has 1 saturated carbocycles. The van der Waals surface area contributed by atoms with Gasteiger partial charge in [0.05, 0.1) is 25.8 Å². The lowest BCUT2D eigenvalue weighted by Crippen LogP contribution is -2.61. The minimum atomic E-state index is -4.44. The topological polar surface area (TPSA) is 66.9 Å². The Hall–Kier alpha value is -3.01. The summed E-state index contributed by atoms with van der Waals surface area (Å²) in [6, 6.07) is 8.07. The number of alkyl halides is 3. The van der Waals surface area contributed by atoms with Crippen LogP contribution in [0.3, 0.4) is 0 Å². The number of aromatic nitrogens is 1. The van der Waals surface area contributed by atoms with E-state index in [-0.39, 0.29) is 23.4 Å². The molecule has 208 valence electrons. The van der Waals surface area contributed by atoms with E-state index in [1.165, 1.54) is 6.20 Å². The molecule has 1 N–H and O–H groups in total. The summed E-state index contributed by atoms with van der Waals surface area (Å²) in [7, 11) is 3.22. The van der Waals surface area contributed by atoms with Crippen LogP contribution in [0.4, 0.5) is 19.0 Å². The number of halogens is 3. The Bertz CT molecular complexity index is 1110. The molecule has 0 bridgehead atoms. The monoisotopic (exact) mass is 534 g/mol. The molecule has 2 aromatic rings. The van der Waals surface area contributed by atoms with Crippen LogP contribution in [0.2, 0.25) is 0 Å². The molecule has 1 aliphatic carbocycles. The van der Waals surface area contributed by atoms with Crippen molar-refractivity contribution in [2.24, 2.45) is 11.3 Å². The number of anilines is 1. The molecule has 10 heteroatoms. The number of hydrogen-bond donors (Lipinski definition) is 1. The summed E-state index contributed by atoms with van der Waals surface area (Å²) >= 11 is 0. The number of carbonyl (C=O) groups excluding carboxylic acids is 1. The Morgan fingerprint density at radius 2 is 1.92 bits per heavy atom. The van der Waals surface area contributed by atoms with Crippen molar-refractivity contribution in [3.63, 3.8) is 0 Å². The van der Waals surface area contributed by atoms with E-state index in [1.54, 1.807) is 19.1 Å². The lowest BCUT2D eigenvalue weighted by molar-refractivity contribution is -0.137. The molecular weight excluding hydrogens is 497 g/mol. The van der Waals surface area contributed by atoms with E-state index in [2.05, 4.69) is 24.1 Å². The number of nitrogens with one attached hydrogen (secondary N) is 1. The first kappa shape index (κ1) is 28.0. The van der Waals surface area contributed by atoms with Gasteiger partial charge in [-0.15, -0.1) is 0 Å². The van der Waals surface area contributed by atoms with E-state index >= 15 is 0 Å². The number of methoxy groups -OCH3 is 2. The number of nitrogens with zero attached hydrogens (tertiary/aromatic N) is 3. The smallest absolute Gasteiger partial charge is 0.416 e. The number of amides is 1. The molecule has 2 aliphatic rings. The first-order valence-electron chi connectivity index (χ1n) is 13.0. The zero-order chi connectivity index (χ0) is 27.5. The molecular formula is C28H37F3N4O3. The summed E-state index contributed by atoms with van der Waals surface area (Å²) in [6.45, 7) is 6.36. The third-order valence-electron chi connectivity index (χ3n) is 8.37. The molecule has 1 saturated heterocycles. The molecule has 1 aromatic carbocycles. The lowest BCUT2D eigenvalue weighted by atomic mass is 9.68. The Morgan fingerprint density at radius 1 is 1.16 bits per heavy atom. The summed E-state index contributed by atoms with van der Waals surface area (Å²) < 4.78 is 51.2. The highest BCUT2D eigenvalue weighted by molar-refractivity contribution is 5.51. The molecule has 1 aliphatic heterocycles. The maximum Gasteiger partial charge on any atom is 0.416 e. The van der Waals surface area contributed by atoms with Crippen LogP contribution in [0.5, 0.6) is 11.5 Å². The van der Waals surface area contributed by atoms with Crippen molar-refractivity contribution >= 4 is 12.2 Å². The van der Waals surface area contributed by atoms with Crippen LogP contribution in [-0.4, -0.2) is 62.2 Å². The minimum Gasteiger partial charge on any atom is -0.493 e. The van der Waals surface area contributed by atoms with Crippen LogP contribution >= 0.6 is 0 Å². The van der Waals surface area contributed by atoms with Crippen LogP contribution in [0.15, 0.2) is 36.5 Å². The van der Waals surface area contributed by atoms with Crippen molar-refractivity contribution < 1.29 is 27.4 Å². The highest BCUT2D eigenvalue weighted by Gasteiger charge is 2.51. The molecule has 7 nitrogen and oxygen atoms in total. The van der Waals surface area contributed by atoms with Crippen molar-refractivity contribution in [3.05, 3.63) is 47.7 Å². The summed E-state index contributed by atoms with van der Waals surface area (Å²) in [5, 5.41) is 3.68. The highest BCUT2D eigenvalue weighted by Crippen LogP contribution is 2.50. The fourth-order valence-corrected chi connectivity index (χ4v) is 6.16. The van der Waals surface area contributed by atoms with Gasteiger partial charge in [0, 0.05) is 38.4 Å². The molecule has 1 aromatic heterocycles. The highest BCUT2D eigenvalue weighted by atomic mass is 19.4. The quantitative estimate of drug-likeness (QED) is 0.469. The Labute approximate surface area is 222 Å². The van der Waals surface area contributed by atoms with Gasteiger partial charge in [0.1, 0.15) is 5.82 Å². The Morgan fingerprint density at radius 3 is 2.58 bits per heavy atom. The first-order chi connectivity index (χ1) is 18.1. The summed E-state index contributed by atoms with van der Waals surface area (Å²) in [4.78, 5) is 19.8. The molecule has 3 atom stereocenters. The van der Waals surface area contributed by atoms with E-state index in [4.69, 9.17) is 9.47 Å². The molecule has 4 rings (SSSR count). The summed E-state index contributed by atoms with van der Waals surface area (Å²) in [5.74, 6) is 1.92. The van der Waals surface area contributed by atoms with Crippen LogP contribution < -0.4 is 19.7 Å². The number of piperazine rings is 1. The van der Waals surface area contributed by atoms with Crippen molar-refractivity contribution in [3.8, 4) is 11.5 Å². The lowest BCUT2D eigenvalue weighted by Gasteiger charge is -2.51. The molecule has 2 heterocycles. The van der Waals surface area contributed by atoms with E-state index < -0.39 is 11.7 Å². The number of carbonyl (C=O) groups is 1. The molecule has 1 unspecified atom stereocenters. The van der Waals surface area contributed by atoms with Crippen molar-refractivity contribution in [1.82, 2.24) is 15.2 Å². The van der Waals surface area contributed by atoms with E-state index in [0.717, 1.165) is 43.4 Å². The second-order valence-electron chi connectivity index (χ2n) is 10.6. The Balaban J connectivity index is 1.57. The second-order valence-corrected chi connectivity index (χ2v) is 10.6.